The second-order valence-electron chi connectivity index (χ2n) is 4.52. The van der Waals surface area contributed by atoms with Crippen LogP contribution in [0.25, 0.3) is 0 Å². The van der Waals surface area contributed by atoms with E-state index in [0.717, 1.165) is 17.8 Å². The number of nitrogens with two attached hydrogens (primary N) is 1. The number of benzene rings is 1. The molecule has 2 N–H and O–H groups in total. The van der Waals surface area contributed by atoms with Crippen molar-refractivity contribution in [2.24, 2.45) is 5.73 Å². The molecule has 1 aromatic rings. The van der Waals surface area contributed by atoms with Crippen LogP contribution in [-0.2, 0) is 0 Å². The van der Waals surface area contributed by atoms with Crippen molar-refractivity contribution in [3.8, 4) is 0 Å². The fraction of sp³-hybridized carbons (Fsp3) is 0.538. The second-order valence-corrected chi connectivity index (χ2v) is 4.52. The molecule has 0 saturated heterocycles. The molecule has 1 atom stereocenters. The Hall–Kier alpha value is -1.09. The standard InChI is InChI=1S/C13H19FN2/c1-3-16(11-5-6-11)13-7-4-10(9(2)15)8-12(13)14/h4,7-9,11H,3,5-6,15H2,1-2H3. The molecule has 0 bridgehead atoms. The number of rotatable bonds is 4. The first-order valence-electron chi connectivity index (χ1n) is 5.95. The van der Waals surface area contributed by atoms with Gasteiger partial charge in [-0.2, -0.15) is 0 Å². The van der Waals surface area contributed by atoms with Gasteiger partial charge in [0.2, 0.25) is 0 Å². The van der Waals surface area contributed by atoms with E-state index in [2.05, 4.69) is 11.8 Å². The van der Waals surface area contributed by atoms with Gasteiger partial charge in [-0.15, -0.1) is 0 Å². The van der Waals surface area contributed by atoms with Crippen LogP contribution in [-0.4, -0.2) is 12.6 Å². The largest absolute Gasteiger partial charge is 0.366 e. The van der Waals surface area contributed by atoms with Gasteiger partial charge in [0.1, 0.15) is 5.82 Å². The van der Waals surface area contributed by atoms with Crippen LogP contribution in [0.1, 0.15) is 38.3 Å². The quantitative estimate of drug-likeness (QED) is 0.848. The summed E-state index contributed by atoms with van der Waals surface area (Å²) in [6.07, 6.45) is 2.37. The average molecular weight is 222 g/mol. The van der Waals surface area contributed by atoms with Gasteiger partial charge < -0.3 is 10.6 Å². The molecule has 2 nitrogen and oxygen atoms in total. The van der Waals surface area contributed by atoms with Gasteiger partial charge in [0.25, 0.3) is 0 Å². The molecule has 0 aromatic heterocycles. The highest BCUT2D eigenvalue weighted by Crippen LogP contribution is 2.33. The zero-order valence-corrected chi connectivity index (χ0v) is 9.91. The van der Waals surface area contributed by atoms with Crippen molar-refractivity contribution in [3.63, 3.8) is 0 Å². The zero-order chi connectivity index (χ0) is 11.7. The van der Waals surface area contributed by atoms with E-state index in [1.807, 2.05) is 19.1 Å². The van der Waals surface area contributed by atoms with E-state index in [-0.39, 0.29) is 11.9 Å². The summed E-state index contributed by atoms with van der Waals surface area (Å²) in [5, 5.41) is 0. The molecular formula is C13H19FN2. The van der Waals surface area contributed by atoms with E-state index in [1.54, 1.807) is 6.07 Å². The molecule has 0 amide bonds. The van der Waals surface area contributed by atoms with Gasteiger partial charge in [-0.25, -0.2) is 4.39 Å². The van der Waals surface area contributed by atoms with Crippen molar-refractivity contribution >= 4 is 5.69 Å². The zero-order valence-electron chi connectivity index (χ0n) is 9.91. The molecule has 1 aromatic carbocycles. The predicted octanol–water partition coefficient (Wildman–Crippen LogP) is 2.83. The van der Waals surface area contributed by atoms with Gasteiger partial charge in [0.15, 0.2) is 0 Å². The minimum atomic E-state index is -0.149. The van der Waals surface area contributed by atoms with Crippen molar-refractivity contribution in [2.45, 2.75) is 38.8 Å². The highest BCUT2D eigenvalue weighted by atomic mass is 19.1. The first-order valence-corrected chi connectivity index (χ1v) is 5.95. The fourth-order valence-electron chi connectivity index (χ4n) is 2.05. The lowest BCUT2D eigenvalue weighted by Gasteiger charge is -2.23. The third kappa shape index (κ3) is 2.19. The van der Waals surface area contributed by atoms with Crippen molar-refractivity contribution in [3.05, 3.63) is 29.6 Å². The number of nitrogens with zero attached hydrogens (tertiary/aromatic N) is 1. The molecule has 1 unspecified atom stereocenters. The number of hydrogen-bond donors (Lipinski definition) is 1. The Morgan fingerprint density at radius 3 is 2.62 bits per heavy atom. The lowest BCUT2D eigenvalue weighted by atomic mass is 10.1. The van der Waals surface area contributed by atoms with Gasteiger partial charge >= 0.3 is 0 Å². The first kappa shape index (κ1) is 11.4. The molecule has 88 valence electrons. The van der Waals surface area contributed by atoms with E-state index in [9.17, 15) is 4.39 Å². The Labute approximate surface area is 96.2 Å². The van der Waals surface area contributed by atoms with Crippen LogP contribution >= 0.6 is 0 Å². The normalized spacial score (nSPS) is 17.2. The van der Waals surface area contributed by atoms with Gasteiger partial charge in [0, 0.05) is 18.6 Å². The Morgan fingerprint density at radius 1 is 1.50 bits per heavy atom. The van der Waals surface area contributed by atoms with Crippen molar-refractivity contribution in [1.82, 2.24) is 0 Å². The van der Waals surface area contributed by atoms with Crippen LogP contribution in [0.15, 0.2) is 18.2 Å². The molecule has 16 heavy (non-hydrogen) atoms. The lowest BCUT2D eigenvalue weighted by molar-refractivity contribution is 0.612. The second kappa shape index (κ2) is 4.42. The molecule has 1 aliphatic carbocycles. The SMILES string of the molecule is CCN(c1ccc(C(C)N)cc1F)C1CC1. The summed E-state index contributed by atoms with van der Waals surface area (Å²) in [6, 6.07) is 5.77. The average Bonchev–Trinajstić information content (AvgIpc) is 3.05. The summed E-state index contributed by atoms with van der Waals surface area (Å²) in [7, 11) is 0. The van der Waals surface area contributed by atoms with Crippen LogP contribution in [0.4, 0.5) is 10.1 Å². The van der Waals surface area contributed by atoms with Crippen molar-refractivity contribution in [1.29, 1.82) is 0 Å². The van der Waals surface area contributed by atoms with Gasteiger partial charge in [-0.3, -0.25) is 0 Å². The van der Waals surface area contributed by atoms with E-state index in [4.69, 9.17) is 5.73 Å². The summed E-state index contributed by atoms with van der Waals surface area (Å²) in [5.41, 5.74) is 7.30. The molecule has 0 heterocycles. The molecule has 3 heteroatoms. The van der Waals surface area contributed by atoms with Crippen LogP contribution < -0.4 is 10.6 Å². The molecule has 1 fully saturated rings. The van der Waals surface area contributed by atoms with Crippen LogP contribution in [0.2, 0.25) is 0 Å². The topological polar surface area (TPSA) is 29.3 Å². The maximum absolute atomic E-state index is 13.9. The molecular weight excluding hydrogens is 203 g/mol. The lowest BCUT2D eigenvalue weighted by Crippen LogP contribution is -2.26. The third-order valence-electron chi connectivity index (χ3n) is 3.14. The number of hydrogen-bond acceptors (Lipinski definition) is 2. The molecule has 2 rings (SSSR count). The highest BCUT2D eigenvalue weighted by molar-refractivity contribution is 5.51. The predicted molar refractivity (Wildman–Crippen MR) is 65.0 cm³/mol. The molecule has 1 aliphatic rings. The number of halogens is 1. The third-order valence-corrected chi connectivity index (χ3v) is 3.14. The Bertz CT molecular complexity index is 372. The molecule has 0 radical (unpaired) electrons. The van der Waals surface area contributed by atoms with Gasteiger partial charge in [0.05, 0.1) is 5.69 Å². The van der Waals surface area contributed by atoms with Gasteiger partial charge in [-0.05, 0) is 44.4 Å². The van der Waals surface area contributed by atoms with Crippen molar-refractivity contribution < 1.29 is 4.39 Å². The maximum atomic E-state index is 13.9. The van der Waals surface area contributed by atoms with Crippen LogP contribution in [0, 0.1) is 5.82 Å². The summed E-state index contributed by atoms with van der Waals surface area (Å²) >= 11 is 0. The molecule has 1 saturated carbocycles. The van der Waals surface area contributed by atoms with E-state index in [0.29, 0.717) is 6.04 Å². The summed E-state index contributed by atoms with van der Waals surface area (Å²) in [4.78, 5) is 2.14. The van der Waals surface area contributed by atoms with Crippen LogP contribution in [0.3, 0.4) is 0 Å². The minimum absolute atomic E-state index is 0.112. The summed E-state index contributed by atoms with van der Waals surface area (Å²) in [5.74, 6) is -0.149. The first-order chi connectivity index (χ1) is 7.63. The Balaban J connectivity index is 2.27. The molecule has 0 spiro atoms. The van der Waals surface area contributed by atoms with E-state index in [1.165, 1.54) is 12.8 Å². The fourth-order valence-corrected chi connectivity index (χ4v) is 2.05. The minimum Gasteiger partial charge on any atom is -0.366 e. The number of anilines is 1. The monoisotopic (exact) mass is 222 g/mol. The maximum Gasteiger partial charge on any atom is 0.146 e. The summed E-state index contributed by atoms with van der Waals surface area (Å²) < 4.78 is 13.9. The smallest absolute Gasteiger partial charge is 0.146 e. The van der Waals surface area contributed by atoms with Crippen LogP contribution in [0.5, 0.6) is 0 Å². The molecule has 0 aliphatic heterocycles. The van der Waals surface area contributed by atoms with E-state index >= 15 is 0 Å². The summed E-state index contributed by atoms with van der Waals surface area (Å²) in [6.45, 7) is 4.79. The Morgan fingerprint density at radius 2 is 2.19 bits per heavy atom. The van der Waals surface area contributed by atoms with E-state index < -0.39 is 0 Å². The van der Waals surface area contributed by atoms with Crippen molar-refractivity contribution in [2.75, 3.05) is 11.4 Å². The van der Waals surface area contributed by atoms with Gasteiger partial charge in [-0.1, -0.05) is 6.07 Å². The Kier molecular flexibility index (Phi) is 3.15. The highest BCUT2D eigenvalue weighted by Gasteiger charge is 2.29.